The summed E-state index contributed by atoms with van der Waals surface area (Å²) >= 11 is 6.05. The van der Waals surface area contributed by atoms with E-state index in [1.807, 2.05) is 63.2 Å². The van der Waals surface area contributed by atoms with E-state index in [1.165, 1.54) is 12.1 Å². The van der Waals surface area contributed by atoms with Gasteiger partial charge in [-0.1, -0.05) is 66.2 Å². The van der Waals surface area contributed by atoms with Crippen molar-refractivity contribution in [3.05, 3.63) is 106 Å². The summed E-state index contributed by atoms with van der Waals surface area (Å²) in [6.07, 6.45) is 0.424. The first-order valence-corrected chi connectivity index (χ1v) is 11.6. The van der Waals surface area contributed by atoms with Gasteiger partial charge in [-0.2, -0.15) is 0 Å². The highest BCUT2D eigenvalue weighted by Crippen LogP contribution is 2.19. The van der Waals surface area contributed by atoms with Gasteiger partial charge in [-0.05, 0) is 61.7 Å². The maximum absolute atomic E-state index is 13.6. The molecule has 2 amide bonds. The fourth-order valence-corrected chi connectivity index (χ4v) is 3.80. The Hall–Kier alpha value is -3.18. The molecule has 0 aliphatic rings. The molecule has 0 aliphatic carbocycles. The lowest BCUT2D eigenvalue weighted by atomic mass is 10.00. The second kappa shape index (κ2) is 11.3. The predicted octanol–water partition coefficient (Wildman–Crippen LogP) is 5.58. The Labute approximate surface area is 205 Å². The van der Waals surface area contributed by atoms with Crippen LogP contribution in [0.15, 0.2) is 78.9 Å². The Morgan fingerprint density at radius 1 is 0.882 bits per heavy atom. The van der Waals surface area contributed by atoms with Gasteiger partial charge < -0.3 is 10.2 Å². The average molecular weight is 481 g/mol. The van der Waals surface area contributed by atoms with Crippen molar-refractivity contribution in [1.29, 1.82) is 0 Å². The number of amides is 2. The van der Waals surface area contributed by atoms with E-state index in [-0.39, 0.29) is 30.6 Å². The Kier molecular flexibility index (Phi) is 8.46. The monoisotopic (exact) mass is 480 g/mol. The summed E-state index contributed by atoms with van der Waals surface area (Å²) in [5, 5.41) is 3.63. The highest BCUT2D eigenvalue weighted by Gasteiger charge is 2.32. The first kappa shape index (κ1) is 25.4. The summed E-state index contributed by atoms with van der Waals surface area (Å²) in [5.74, 6) is -0.801. The van der Waals surface area contributed by atoms with E-state index in [0.29, 0.717) is 17.0 Å². The van der Waals surface area contributed by atoms with Crippen molar-refractivity contribution >= 4 is 23.4 Å². The molecule has 0 fully saturated rings. The van der Waals surface area contributed by atoms with Crippen LogP contribution in [0, 0.1) is 5.82 Å². The number of carbonyl (C=O) groups excluding carboxylic acids is 2. The summed E-state index contributed by atoms with van der Waals surface area (Å²) < 4.78 is 13.4. The number of benzene rings is 3. The Bertz CT molecular complexity index is 1090. The van der Waals surface area contributed by atoms with Crippen LogP contribution in [0.3, 0.4) is 0 Å². The summed E-state index contributed by atoms with van der Waals surface area (Å²) in [4.78, 5) is 28.7. The molecule has 4 nitrogen and oxygen atoms in total. The maximum atomic E-state index is 13.6. The van der Waals surface area contributed by atoms with E-state index in [9.17, 15) is 14.0 Å². The number of nitrogens with zero attached hydrogens (tertiary/aromatic N) is 1. The van der Waals surface area contributed by atoms with Gasteiger partial charge in [0.2, 0.25) is 11.8 Å². The fourth-order valence-electron chi connectivity index (χ4n) is 3.67. The minimum atomic E-state index is -0.731. The van der Waals surface area contributed by atoms with Crippen molar-refractivity contribution in [2.24, 2.45) is 0 Å². The first-order chi connectivity index (χ1) is 16.1. The van der Waals surface area contributed by atoms with Crippen LogP contribution in [0.4, 0.5) is 4.39 Å². The zero-order chi connectivity index (χ0) is 24.7. The van der Waals surface area contributed by atoms with E-state index < -0.39 is 11.6 Å². The topological polar surface area (TPSA) is 49.4 Å². The van der Waals surface area contributed by atoms with E-state index >= 15 is 0 Å². The molecule has 1 unspecified atom stereocenters. The van der Waals surface area contributed by atoms with Crippen LogP contribution in [-0.4, -0.2) is 28.3 Å². The normalized spacial score (nSPS) is 12.1. The highest BCUT2D eigenvalue weighted by atomic mass is 35.5. The minimum Gasteiger partial charge on any atom is -0.350 e. The molecule has 34 heavy (non-hydrogen) atoms. The van der Waals surface area contributed by atoms with Gasteiger partial charge in [0.25, 0.3) is 0 Å². The van der Waals surface area contributed by atoms with Crippen LogP contribution in [0.25, 0.3) is 0 Å². The number of carbonyl (C=O) groups is 2. The standard InChI is InChI=1S/C28H30ClFN2O2/c1-28(2,3)31-27(34)25(17-20-7-5-4-6-8-20)32(19-22-9-13-23(29)14-10-22)26(33)18-21-11-15-24(30)16-12-21/h4-16,25H,17-19H2,1-3H3,(H,31,34). The molecule has 0 aromatic heterocycles. The van der Waals surface area contributed by atoms with Crippen molar-refractivity contribution in [3.8, 4) is 0 Å². The van der Waals surface area contributed by atoms with Gasteiger partial charge in [0.15, 0.2) is 0 Å². The van der Waals surface area contributed by atoms with Gasteiger partial charge in [0, 0.05) is 23.5 Å². The molecule has 0 radical (unpaired) electrons. The third-order valence-corrected chi connectivity index (χ3v) is 5.56. The quantitative estimate of drug-likeness (QED) is 0.457. The van der Waals surface area contributed by atoms with E-state index in [2.05, 4.69) is 5.32 Å². The van der Waals surface area contributed by atoms with Crippen LogP contribution in [-0.2, 0) is 29.0 Å². The summed E-state index contributed by atoms with van der Waals surface area (Å²) in [6.45, 7) is 5.98. The van der Waals surface area contributed by atoms with Crippen LogP contribution < -0.4 is 5.32 Å². The first-order valence-electron chi connectivity index (χ1n) is 11.2. The van der Waals surface area contributed by atoms with Crippen LogP contribution in [0.5, 0.6) is 0 Å². The number of nitrogens with one attached hydrogen (secondary N) is 1. The molecular formula is C28H30ClFN2O2. The van der Waals surface area contributed by atoms with Crippen LogP contribution in [0.2, 0.25) is 5.02 Å². The molecule has 3 aromatic rings. The van der Waals surface area contributed by atoms with E-state index in [4.69, 9.17) is 11.6 Å². The van der Waals surface area contributed by atoms with Crippen molar-refractivity contribution in [1.82, 2.24) is 10.2 Å². The Balaban J connectivity index is 1.97. The van der Waals surface area contributed by atoms with Crippen LogP contribution >= 0.6 is 11.6 Å². The molecule has 3 aromatic carbocycles. The zero-order valence-electron chi connectivity index (χ0n) is 19.7. The molecule has 6 heteroatoms. The van der Waals surface area contributed by atoms with Gasteiger partial charge in [0.1, 0.15) is 11.9 Å². The number of hydrogen-bond acceptors (Lipinski definition) is 2. The largest absolute Gasteiger partial charge is 0.350 e. The molecule has 0 saturated carbocycles. The molecule has 0 saturated heterocycles. The van der Waals surface area contributed by atoms with Crippen LogP contribution in [0.1, 0.15) is 37.5 Å². The smallest absolute Gasteiger partial charge is 0.243 e. The second-order valence-electron chi connectivity index (χ2n) is 9.40. The lowest BCUT2D eigenvalue weighted by Crippen LogP contribution is -2.54. The number of rotatable bonds is 8. The lowest BCUT2D eigenvalue weighted by molar-refractivity contribution is -0.141. The number of halogens is 2. The van der Waals surface area contributed by atoms with Gasteiger partial charge in [0.05, 0.1) is 6.42 Å². The second-order valence-corrected chi connectivity index (χ2v) is 9.83. The summed E-state index contributed by atoms with van der Waals surface area (Å²) in [6, 6.07) is 22.0. The van der Waals surface area contributed by atoms with Gasteiger partial charge in [-0.25, -0.2) is 4.39 Å². The molecule has 3 rings (SSSR count). The van der Waals surface area contributed by atoms with E-state index in [0.717, 1.165) is 11.1 Å². The summed E-state index contributed by atoms with van der Waals surface area (Å²) in [5.41, 5.74) is 2.03. The molecule has 0 bridgehead atoms. The van der Waals surface area contributed by atoms with Crippen molar-refractivity contribution < 1.29 is 14.0 Å². The molecule has 1 N–H and O–H groups in total. The van der Waals surface area contributed by atoms with Gasteiger partial charge >= 0.3 is 0 Å². The van der Waals surface area contributed by atoms with Crippen molar-refractivity contribution in [2.75, 3.05) is 0 Å². The minimum absolute atomic E-state index is 0.0575. The molecule has 1 atom stereocenters. The van der Waals surface area contributed by atoms with Crippen molar-refractivity contribution in [3.63, 3.8) is 0 Å². The highest BCUT2D eigenvalue weighted by molar-refractivity contribution is 6.30. The fraction of sp³-hybridized carbons (Fsp3) is 0.286. The Morgan fingerprint density at radius 2 is 1.47 bits per heavy atom. The number of hydrogen-bond donors (Lipinski definition) is 1. The average Bonchev–Trinajstić information content (AvgIpc) is 2.78. The summed E-state index contributed by atoms with van der Waals surface area (Å²) in [7, 11) is 0. The Morgan fingerprint density at radius 3 is 2.06 bits per heavy atom. The lowest BCUT2D eigenvalue weighted by Gasteiger charge is -2.34. The molecule has 178 valence electrons. The third kappa shape index (κ3) is 7.70. The van der Waals surface area contributed by atoms with Gasteiger partial charge in [-0.15, -0.1) is 0 Å². The maximum Gasteiger partial charge on any atom is 0.243 e. The van der Waals surface area contributed by atoms with E-state index in [1.54, 1.807) is 29.2 Å². The third-order valence-electron chi connectivity index (χ3n) is 5.30. The molecular weight excluding hydrogens is 451 g/mol. The van der Waals surface area contributed by atoms with Crippen molar-refractivity contribution in [2.45, 2.75) is 51.7 Å². The molecule has 0 spiro atoms. The van der Waals surface area contributed by atoms with Gasteiger partial charge in [-0.3, -0.25) is 9.59 Å². The zero-order valence-corrected chi connectivity index (χ0v) is 20.5. The molecule has 0 aliphatic heterocycles. The predicted molar refractivity (Wildman–Crippen MR) is 134 cm³/mol. The molecule has 0 heterocycles. The SMILES string of the molecule is CC(C)(C)NC(=O)C(Cc1ccccc1)N(Cc1ccc(Cl)cc1)C(=O)Cc1ccc(F)cc1.